The number of carbonyl (C=O) groups is 1. The van der Waals surface area contributed by atoms with Crippen LogP contribution >= 0.6 is 0 Å². The van der Waals surface area contributed by atoms with Crippen molar-refractivity contribution in [3.05, 3.63) is 0 Å². The summed E-state index contributed by atoms with van der Waals surface area (Å²) in [5.74, 6) is 0.798. The Balaban J connectivity index is 1.52. The normalized spacial score (nSPS) is 32.9. The maximum absolute atomic E-state index is 12.4. The van der Waals surface area contributed by atoms with Gasteiger partial charge >= 0.3 is 6.09 Å². The van der Waals surface area contributed by atoms with Gasteiger partial charge in [-0.1, -0.05) is 6.42 Å². The molecule has 3 rings (SSSR count). The van der Waals surface area contributed by atoms with Gasteiger partial charge in [-0.2, -0.15) is 0 Å². The average Bonchev–Trinajstić information content (AvgIpc) is 2.57. The number of piperidine rings is 1. The van der Waals surface area contributed by atoms with E-state index in [0.29, 0.717) is 18.2 Å². The van der Waals surface area contributed by atoms with Crippen molar-refractivity contribution in [1.82, 2.24) is 4.90 Å². The Morgan fingerprint density at radius 3 is 2.19 bits per heavy atom. The van der Waals surface area contributed by atoms with Crippen molar-refractivity contribution in [2.45, 2.75) is 89.5 Å². The zero-order valence-electron chi connectivity index (χ0n) is 13.6. The maximum atomic E-state index is 12.4. The maximum Gasteiger partial charge on any atom is 0.410 e. The minimum Gasteiger partial charge on any atom is -0.444 e. The average molecular weight is 295 g/mol. The Hall–Kier alpha value is -0.770. The predicted octanol–water partition coefficient (Wildman–Crippen LogP) is 3.73. The molecule has 0 aromatic rings. The number of rotatable bonds is 3. The highest BCUT2D eigenvalue weighted by Gasteiger charge is 2.45. The summed E-state index contributed by atoms with van der Waals surface area (Å²) in [4.78, 5) is 14.4. The SMILES string of the molecule is CC(C)(C)OC(=O)N1[C@@H]2CC[C@H]1C[C@@H](OCC1CCC1)C2. The minimum atomic E-state index is -0.409. The van der Waals surface area contributed by atoms with Crippen LogP contribution in [0.4, 0.5) is 4.79 Å². The number of fused-ring (bicyclic) bond motifs is 2. The third-order valence-electron chi connectivity index (χ3n) is 5.09. The van der Waals surface area contributed by atoms with Crippen LogP contribution in [-0.4, -0.2) is 41.4 Å². The highest BCUT2D eigenvalue weighted by atomic mass is 16.6. The van der Waals surface area contributed by atoms with E-state index in [1.54, 1.807) is 0 Å². The summed E-state index contributed by atoms with van der Waals surface area (Å²) < 4.78 is 11.7. The molecular weight excluding hydrogens is 266 g/mol. The van der Waals surface area contributed by atoms with Crippen LogP contribution in [0.15, 0.2) is 0 Å². The second kappa shape index (κ2) is 5.79. The standard InChI is InChI=1S/C17H29NO3/c1-17(2,3)21-16(19)18-13-7-8-14(18)10-15(9-13)20-11-12-5-4-6-12/h12-15H,4-11H2,1-3H3/t13-,14+,15+. The fourth-order valence-corrected chi connectivity index (χ4v) is 3.81. The molecule has 21 heavy (non-hydrogen) atoms. The second-order valence-electron chi connectivity index (χ2n) is 8.00. The van der Waals surface area contributed by atoms with Crippen molar-refractivity contribution in [1.29, 1.82) is 0 Å². The molecule has 4 heteroatoms. The van der Waals surface area contributed by atoms with Gasteiger partial charge in [-0.15, -0.1) is 0 Å². The van der Waals surface area contributed by atoms with Crippen LogP contribution in [0.5, 0.6) is 0 Å². The van der Waals surface area contributed by atoms with Crippen molar-refractivity contribution in [2.75, 3.05) is 6.61 Å². The first-order chi connectivity index (χ1) is 9.92. The molecule has 1 amide bonds. The monoisotopic (exact) mass is 295 g/mol. The zero-order valence-corrected chi connectivity index (χ0v) is 13.6. The largest absolute Gasteiger partial charge is 0.444 e. The van der Waals surface area contributed by atoms with E-state index in [-0.39, 0.29) is 6.09 Å². The van der Waals surface area contributed by atoms with Crippen molar-refractivity contribution in [3.63, 3.8) is 0 Å². The van der Waals surface area contributed by atoms with Gasteiger partial charge in [-0.05, 0) is 65.2 Å². The second-order valence-corrected chi connectivity index (χ2v) is 8.00. The Morgan fingerprint density at radius 2 is 1.71 bits per heavy atom. The van der Waals surface area contributed by atoms with Crippen LogP contribution in [0.25, 0.3) is 0 Å². The third-order valence-corrected chi connectivity index (χ3v) is 5.09. The Bertz CT molecular complexity index is 372. The lowest BCUT2D eigenvalue weighted by Gasteiger charge is -2.40. The third kappa shape index (κ3) is 3.53. The van der Waals surface area contributed by atoms with E-state index in [0.717, 1.165) is 38.2 Å². The number of ether oxygens (including phenoxy) is 2. The summed E-state index contributed by atoms with van der Waals surface area (Å²) >= 11 is 0. The molecule has 2 heterocycles. The lowest BCUT2D eigenvalue weighted by Crippen LogP contribution is -2.50. The molecule has 0 unspecified atom stereocenters. The fraction of sp³-hybridized carbons (Fsp3) is 0.941. The molecule has 0 N–H and O–H groups in total. The van der Waals surface area contributed by atoms with Gasteiger partial charge < -0.3 is 14.4 Å². The van der Waals surface area contributed by atoms with Gasteiger partial charge in [0.25, 0.3) is 0 Å². The lowest BCUT2D eigenvalue weighted by molar-refractivity contribution is -0.0489. The molecule has 120 valence electrons. The van der Waals surface area contributed by atoms with Crippen molar-refractivity contribution >= 4 is 6.09 Å². The first kappa shape index (κ1) is 15.1. The molecule has 1 saturated carbocycles. The van der Waals surface area contributed by atoms with Crippen LogP contribution in [0.1, 0.15) is 65.7 Å². The van der Waals surface area contributed by atoms with Crippen LogP contribution in [0.2, 0.25) is 0 Å². The topological polar surface area (TPSA) is 38.8 Å². The van der Waals surface area contributed by atoms with E-state index in [4.69, 9.17) is 9.47 Å². The van der Waals surface area contributed by atoms with Gasteiger partial charge in [0, 0.05) is 18.7 Å². The molecule has 2 aliphatic heterocycles. The highest BCUT2D eigenvalue weighted by molar-refractivity contribution is 5.69. The molecule has 3 fully saturated rings. The van der Waals surface area contributed by atoms with Gasteiger partial charge in [0.1, 0.15) is 5.60 Å². The van der Waals surface area contributed by atoms with Crippen molar-refractivity contribution < 1.29 is 14.3 Å². The quantitative estimate of drug-likeness (QED) is 0.796. The van der Waals surface area contributed by atoms with Crippen LogP contribution in [-0.2, 0) is 9.47 Å². The highest BCUT2D eigenvalue weighted by Crippen LogP contribution is 2.38. The molecule has 1 aliphatic carbocycles. The van der Waals surface area contributed by atoms with E-state index in [1.807, 2.05) is 25.7 Å². The Labute approximate surface area is 128 Å². The molecular formula is C17H29NO3. The van der Waals surface area contributed by atoms with Crippen LogP contribution in [0, 0.1) is 5.92 Å². The molecule has 0 aromatic heterocycles. The number of amides is 1. The number of hydrogen-bond donors (Lipinski definition) is 0. The summed E-state index contributed by atoms with van der Waals surface area (Å²) in [7, 11) is 0. The number of carbonyl (C=O) groups excluding carboxylic acids is 1. The van der Waals surface area contributed by atoms with Gasteiger partial charge in [0.05, 0.1) is 6.10 Å². The predicted molar refractivity (Wildman–Crippen MR) is 81.2 cm³/mol. The zero-order chi connectivity index (χ0) is 15.0. The molecule has 0 aromatic carbocycles. The van der Waals surface area contributed by atoms with Crippen molar-refractivity contribution in [3.8, 4) is 0 Å². The summed E-state index contributed by atoms with van der Waals surface area (Å²) in [6.07, 6.45) is 8.45. The first-order valence-corrected chi connectivity index (χ1v) is 8.55. The van der Waals surface area contributed by atoms with Crippen molar-refractivity contribution in [2.24, 2.45) is 5.92 Å². The molecule has 0 radical (unpaired) electrons. The molecule has 4 nitrogen and oxygen atoms in total. The van der Waals surface area contributed by atoms with Gasteiger partial charge in [-0.3, -0.25) is 0 Å². The summed E-state index contributed by atoms with van der Waals surface area (Å²) in [6, 6.07) is 0.648. The van der Waals surface area contributed by atoms with Gasteiger partial charge in [0.15, 0.2) is 0 Å². The minimum absolute atomic E-state index is 0.132. The number of nitrogens with zero attached hydrogens (tertiary/aromatic N) is 1. The molecule has 0 spiro atoms. The first-order valence-electron chi connectivity index (χ1n) is 8.55. The van der Waals surface area contributed by atoms with E-state index < -0.39 is 5.60 Å². The summed E-state index contributed by atoms with van der Waals surface area (Å²) in [5, 5.41) is 0. The smallest absolute Gasteiger partial charge is 0.410 e. The van der Waals surface area contributed by atoms with E-state index in [2.05, 4.69) is 0 Å². The van der Waals surface area contributed by atoms with E-state index >= 15 is 0 Å². The Kier molecular flexibility index (Phi) is 4.17. The lowest BCUT2D eigenvalue weighted by atomic mass is 9.86. The van der Waals surface area contributed by atoms with Crippen LogP contribution in [0.3, 0.4) is 0 Å². The van der Waals surface area contributed by atoms with Gasteiger partial charge in [-0.25, -0.2) is 4.79 Å². The van der Waals surface area contributed by atoms with E-state index in [9.17, 15) is 4.79 Å². The molecule has 2 bridgehead atoms. The number of hydrogen-bond acceptors (Lipinski definition) is 3. The summed E-state index contributed by atoms with van der Waals surface area (Å²) in [6.45, 7) is 6.72. The van der Waals surface area contributed by atoms with Crippen LogP contribution < -0.4 is 0 Å². The van der Waals surface area contributed by atoms with Gasteiger partial charge in [0.2, 0.25) is 0 Å². The molecule has 3 atom stereocenters. The molecule has 2 saturated heterocycles. The Morgan fingerprint density at radius 1 is 1.10 bits per heavy atom. The molecule has 3 aliphatic rings. The van der Waals surface area contributed by atoms with E-state index in [1.165, 1.54) is 19.3 Å². The summed E-state index contributed by atoms with van der Waals surface area (Å²) in [5.41, 5.74) is -0.409. The fourth-order valence-electron chi connectivity index (χ4n) is 3.81.